The Morgan fingerprint density at radius 1 is 0.971 bits per heavy atom. The number of allylic oxidation sites excluding steroid dienone is 4. The standard InChI is InChI=1S/C29H30N2O3/c1-27(2)24-13-9-10-14-25(24)30(3)29(27)20-17-22-21-23(15-16-26(22)34-29)28(31(32)33)18-11-7-5-4-6-8-12-19-28/h4-5,9-21H,6-8H2,1-3H3/b5-4-,18-11-,19-12?. The topological polar surface area (TPSA) is 55.6 Å². The number of fused-ring (bicyclic) bond motifs is 2. The SMILES string of the molecule is CN1c2ccccc2C(C)(C)C12C=Cc1cc(C3([N+](=O)[O-])C=CCC/C=C\C/C=C\3)ccc1O2. The molecule has 1 spiro atoms. The van der Waals surface area contributed by atoms with E-state index in [-0.39, 0.29) is 10.3 Å². The fourth-order valence-electron chi connectivity index (χ4n) is 5.50. The first kappa shape index (κ1) is 22.2. The van der Waals surface area contributed by atoms with E-state index in [0.717, 1.165) is 29.8 Å². The van der Waals surface area contributed by atoms with Crippen molar-refractivity contribution in [3.05, 3.63) is 112 Å². The lowest BCUT2D eigenvalue weighted by molar-refractivity contribution is -0.548. The van der Waals surface area contributed by atoms with Gasteiger partial charge in [-0.2, -0.15) is 0 Å². The van der Waals surface area contributed by atoms with Gasteiger partial charge in [-0.25, -0.2) is 0 Å². The summed E-state index contributed by atoms with van der Waals surface area (Å²) in [5.41, 5.74) is 1.50. The molecule has 0 radical (unpaired) electrons. The van der Waals surface area contributed by atoms with E-state index in [0.29, 0.717) is 12.0 Å². The Bertz CT molecular complexity index is 1260. The Kier molecular flexibility index (Phi) is 5.23. The molecule has 5 rings (SSSR count). The molecule has 2 unspecified atom stereocenters. The van der Waals surface area contributed by atoms with Gasteiger partial charge in [0.2, 0.25) is 5.72 Å². The van der Waals surface area contributed by atoms with Gasteiger partial charge in [0.05, 0.1) is 5.41 Å². The van der Waals surface area contributed by atoms with E-state index >= 15 is 0 Å². The van der Waals surface area contributed by atoms with E-state index in [4.69, 9.17) is 4.74 Å². The predicted octanol–water partition coefficient (Wildman–Crippen LogP) is 6.54. The van der Waals surface area contributed by atoms with E-state index in [1.807, 2.05) is 36.4 Å². The molecule has 5 heteroatoms. The summed E-state index contributed by atoms with van der Waals surface area (Å²) in [4.78, 5) is 14.4. The van der Waals surface area contributed by atoms with Crippen molar-refractivity contribution < 1.29 is 9.66 Å². The predicted molar refractivity (Wildman–Crippen MR) is 137 cm³/mol. The van der Waals surface area contributed by atoms with Crippen LogP contribution in [0.4, 0.5) is 5.69 Å². The highest BCUT2D eigenvalue weighted by molar-refractivity contribution is 5.72. The smallest absolute Gasteiger partial charge is 0.283 e. The van der Waals surface area contributed by atoms with Crippen molar-refractivity contribution in [2.75, 3.05) is 11.9 Å². The second kappa shape index (κ2) is 8.01. The van der Waals surface area contributed by atoms with Crippen LogP contribution in [0.1, 0.15) is 49.8 Å². The van der Waals surface area contributed by atoms with E-state index in [9.17, 15) is 10.1 Å². The van der Waals surface area contributed by atoms with Gasteiger partial charge in [-0.05, 0) is 87.2 Å². The maximum atomic E-state index is 12.4. The molecule has 0 saturated carbocycles. The summed E-state index contributed by atoms with van der Waals surface area (Å²) in [6.45, 7) is 4.40. The fourth-order valence-corrected chi connectivity index (χ4v) is 5.50. The number of hydrogen-bond acceptors (Lipinski definition) is 4. The largest absolute Gasteiger partial charge is 0.463 e. The Balaban J connectivity index is 1.57. The minimum Gasteiger partial charge on any atom is -0.463 e. The Hall–Kier alpha value is -3.60. The molecule has 0 fully saturated rings. The van der Waals surface area contributed by atoms with Crippen LogP contribution < -0.4 is 9.64 Å². The summed E-state index contributed by atoms with van der Waals surface area (Å²) >= 11 is 0. The molecule has 34 heavy (non-hydrogen) atoms. The quantitative estimate of drug-likeness (QED) is 0.294. The number of likely N-dealkylation sites (N-methyl/N-ethyl adjacent to an activating group) is 1. The van der Waals surface area contributed by atoms with Gasteiger partial charge in [-0.3, -0.25) is 10.1 Å². The Morgan fingerprint density at radius 3 is 2.53 bits per heavy atom. The summed E-state index contributed by atoms with van der Waals surface area (Å²) in [5, 5.41) is 12.4. The normalized spacial score (nSPS) is 28.6. The lowest BCUT2D eigenvalue weighted by atomic mass is 9.76. The summed E-state index contributed by atoms with van der Waals surface area (Å²) in [6.07, 6.45) is 17.9. The van der Waals surface area contributed by atoms with Crippen molar-refractivity contribution in [1.29, 1.82) is 0 Å². The fraction of sp³-hybridized carbons (Fsp3) is 0.310. The van der Waals surface area contributed by atoms with Crippen molar-refractivity contribution in [3.8, 4) is 5.75 Å². The first-order valence-corrected chi connectivity index (χ1v) is 11.8. The molecule has 2 heterocycles. The summed E-state index contributed by atoms with van der Waals surface area (Å²) in [6, 6.07) is 14.0. The first-order chi connectivity index (χ1) is 16.3. The highest BCUT2D eigenvalue weighted by Crippen LogP contribution is 2.54. The molecule has 3 aliphatic rings. The molecule has 174 valence electrons. The van der Waals surface area contributed by atoms with Gasteiger partial charge in [-0.15, -0.1) is 0 Å². The van der Waals surface area contributed by atoms with E-state index in [2.05, 4.69) is 68.3 Å². The number of para-hydroxylation sites is 1. The lowest BCUT2D eigenvalue weighted by Crippen LogP contribution is -2.58. The summed E-state index contributed by atoms with van der Waals surface area (Å²) < 4.78 is 6.73. The van der Waals surface area contributed by atoms with Crippen LogP contribution in [0.3, 0.4) is 0 Å². The monoisotopic (exact) mass is 454 g/mol. The van der Waals surface area contributed by atoms with E-state index in [1.54, 1.807) is 12.2 Å². The van der Waals surface area contributed by atoms with Crippen molar-refractivity contribution in [3.63, 3.8) is 0 Å². The number of nitrogens with zero attached hydrogens (tertiary/aromatic N) is 2. The van der Waals surface area contributed by atoms with Crippen LogP contribution in [0.2, 0.25) is 0 Å². The number of anilines is 1. The van der Waals surface area contributed by atoms with Crippen LogP contribution in [0.5, 0.6) is 5.75 Å². The first-order valence-electron chi connectivity index (χ1n) is 11.8. The Morgan fingerprint density at radius 2 is 1.74 bits per heavy atom. The van der Waals surface area contributed by atoms with Gasteiger partial charge in [0.15, 0.2) is 0 Å². The van der Waals surface area contributed by atoms with Gasteiger partial charge in [-0.1, -0.05) is 42.5 Å². The summed E-state index contributed by atoms with van der Waals surface area (Å²) in [7, 11) is 2.06. The number of rotatable bonds is 2. The number of ether oxygens (including phenoxy) is 1. The van der Waals surface area contributed by atoms with Gasteiger partial charge in [0.1, 0.15) is 5.75 Å². The van der Waals surface area contributed by atoms with Crippen LogP contribution in [-0.4, -0.2) is 17.7 Å². The number of hydrogen-bond donors (Lipinski definition) is 0. The highest BCUT2D eigenvalue weighted by atomic mass is 16.6. The molecule has 1 aliphatic carbocycles. The Labute approximate surface area is 200 Å². The molecule has 2 aliphatic heterocycles. The van der Waals surface area contributed by atoms with Gasteiger partial charge in [0.25, 0.3) is 5.54 Å². The molecular weight excluding hydrogens is 424 g/mol. The van der Waals surface area contributed by atoms with Crippen LogP contribution in [-0.2, 0) is 11.0 Å². The molecule has 0 saturated heterocycles. The van der Waals surface area contributed by atoms with Crippen LogP contribution >= 0.6 is 0 Å². The average molecular weight is 455 g/mol. The number of benzene rings is 2. The molecular formula is C29H30N2O3. The van der Waals surface area contributed by atoms with Crippen LogP contribution in [0.15, 0.2) is 85.0 Å². The van der Waals surface area contributed by atoms with Gasteiger partial charge >= 0.3 is 0 Å². The van der Waals surface area contributed by atoms with Crippen molar-refractivity contribution >= 4 is 11.8 Å². The van der Waals surface area contributed by atoms with Gasteiger partial charge < -0.3 is 9.64 Å². The van der Waals surface area contributed by atoms with Crippen LogP contribution in [0.25, 0.3) is 6.08 Å². The maximum Gasteiger partial charge on any atom is 0.283 e. The molecule has 0 aromatic heterocycles. The second-order valence-electron chi connectivity index (χ2n) is 9.76. The zero-order valence-corrected chi connectivity index (χ0v) is 19.9. The van der Waals surface area contributed by atoms with E-state index < -0.39 is 11.3 Å². The van der Waals surface area contributed by atoms with Crippen molar-refractivity contribution in [1.82, 2.24) is 0 Å². The molecule has 2 aromatic rings. The average Bonchev–Trinajstić information content (AvgIpc) is 3.00. The molecule has 5 nitrogen and oxygen atoms in total. The molecule has 0 bridgehead atoms. The maximum absolute atomic E-state index is 12.4. The zero-order chi connectivity index (χ0) is 24.0. The lowest BCUT2D eigenvalue weighted by Gasteiger charge is -2.45. The highest BCUT2D eigenvalue weighted by Gasteiger charge is 2.57. The third-order valence-electron chi connectivity index (χ3n) is 7.54. The minimum atomic E-state index is -1.40. The minimum absolute atomic E-state index is 0.202. The summed E-state index contributed by atoms with van der Waals surface area (Å²) in [5.74, 6) is 0.730. The van der Waals surface area contributed by atoms with Gasteiger partial charge in [0, 0.05) is 28.8 Å². The van der Waals surface area contributed by atoms with Crippen molar-refractivity contribution in [2.24, 2.45) is 0 Å². The van der Waals surface area contributed by atoms with Crippen LogP contribution in [0, 0.1) is 10.1 Å². The number of nitro groups is 1. The molecule has 2 atom stereocenters. The second-order valence-corrected chi connectivity index (χ2v) is 9.76. The zero-order valence-electron chi connectivity index (χ0n) is 19.9. The third kappa shape index (κ3) is 3.14. The van der Waals surface area contributed by atoms with Crippen molar-refractivity contribution in [2.45, 2.75) is 49.8 Å². The molecule has 0 N–H and O–H groups in total. The molecule has 2 aromatic carbocycles. The molecule has 0 amide bonds. The van der Waals surface area contributed by atoms with E-state index in [1.165, 1.54) is 5.56 Å². The third-order valence-corrected chi connectivity index (χ3v) is 7.54.